The molecule has 0 aliphatic rings. The lowest BCUT2D eigenvalue weighted by molar-refractivity contribution is -0.117. The SMILES string of the molecule is C=C(NCC(N)=O)c1ncc(-c2cccc(F)c2)cc1O. The molecule has 1 aromatic carbocycles. The number of nitrogens with one attached hydrogen (secondary N) is 1. The fourth-order valence-electron chi connectivity index (χ4n) is 1.79. The Morgan fingerprint density at radius 3 is 2.76 bits per heavy atom. The molecule has 0 spiro atoms. The van der Waals surface area contributed by atoms with Crippen LogP contribution in [0.4, 0.5) is 4.39 Å². The topological polar surface area (TPSA) is 88.2 Å². The van der Waals surface area contributed by atoms with Gasteiger partial charge in [-0.3, -0.25) is 9.78 Å². The van der Waals surface area contributed by atoms with Crippen LogP contribution in [0.3, 0.4) is 0 Å². The molecule has 0 fully saturated rings. The number of aromatic nitrogens is 1. The molecule has 0 saturated heterocycles. The lowest BCUT2D eigenvalue weighted by atomic mass is 10.1. The van der Waals surface area contributed by atoms with Gasteiger partial charge in [0.1, 0.15) is 17.3 Å². The first-order valence-electron chi connectivity index (χ1n) is 6.14. The minimum absolute atomic E-state index is 0.106. The van der Waals surface area contributed by atoms with Crippen LogP contribution in [0, 0.1) is 5.82 Å². The van der Waals surface area contributed by atoms with Crippen LogP contribution in [-0.4, -0.2) is 22.5 Å². The molecule has 0 atom stereocenters. The number of amides is 1. The van der Waals surface area contributed by atoms with Gasteiger partial charge in [0.05, 0.1) is 12.2 Å². The van der Waals surface area contributed by atoms with E-state index in [-0.39, 0.29) is 29.5 Å². The first-order valence-corrected chi connectivity index (χ1v) is 6.14. The first kappa shape index (κ1) is 14.5. The second-order valence-electron chi connectivity index (χ2n) is 4.40. The van der Waals surface area contributed by atoms with Crippen molar-refractivity contribution in [3.05, 3.63) is 54.6 Å². The molecule has 0 saturated carbocycles. The number of aromatic hydroxyl groups is 1. The van der Waals surface area contributed by atoms with Crippen molar-refractivity contribution >= 4 is 11.6 Å². The summed E-state index contributed by atoms with van der Waals surface area (Å²) in [6, 6.07) is 7.41. The highest BCUT2D eigenvalue weighted by molar-refractivity contribution is 5.78. The van der Waals surface area contributed by atoms with Crippen LogP contribution in [-0.2, 0) is 4.79 Å². The highest BCUT2D eigenvalue weighted by atomic mass is 19.1. The average molecular weight is 287 g/mol. The summed E-state index contributed by atoms with van der Waals surface area (Å²) in [5, 5.41) is 12.6. The fourth-order valence-corrected chi connectivity index (χ4v) is 1.79. The van der Waals surface area contributed by atoms with Crippen LogP contribution in [0.15, 0.2) is 43.1 Å². The van der Waals surface area contributed by atoms with Gasteiger partial charge in [-0.25, -0.2) is 4.39 Å². The van der Waals surface area contributed by atoms with Crippen molar-refractivity contribution in [1.82, 2.24) is 10.3 Å². The number of nitrogens with zero attached hydrogens (tertiary/aromatic N) is 1. The van der Waals surface area contributed by atoms with Crippen LogP contribution in [0.2, 0.25) is 0 Å². The number of pyridine rings is 1. The number of halogens is 1. The van der Waals surface area contributed by atoms with E-state index < -0.39 is 5.91 Å². The largest absolute Gasteiger partial charge is 0.506 e. The number of carbonyl (C=O) groups excluding carboxylic acids is 1. The fraction of sp³-hybridized carbons (Fsp3) is 0.0667. The van der Waals surface area contributed by atoms with Crippen LogP contribution in [0.1, 0.15) is 5.69 Å². The van der Waals surface area contributed by atoms with Crippen molar-refractivity contribution in [1.29, 1.82) is 0 Å². The van der Waals surface area contributed by atoms with Gasteiger partial charge in [-0.15, -0.1) is 0 Å². The predicted octanol–water partition coefficient (Wildman–Crippen LogP) is 1.64. The monoisotopic (exact) mass is 287 g/mol. The highest BCUT2D eigenvalue weighted by Gasteiger charge is 2.10. The number of nitrogens with two attached hydrogens (primary N) is 1. The van der Waals surface area contributed by atoms with Gasteiger partial charge in [-0.2, -0.15) is 0 Å². The molecule has 1 heterocycles. The van der Waals surface area contributed by atoms with E-state index in [0.717, 1.165) is 0 Å². The van der Waals surface area contributed by atoms with Crippen molar-refractivity contribution < 1.29 is 14.3 Å². The van der Waals surface area contributed by atoms with Crippen molar-refractivity contribution in [2.45, 2.75) is 0 Å². The summed E-state index contributed by atoms with van der Waals surface area (Å²) < 4.78 is 13.2. The van der Waals surface area contributed by atoms with Gasteiger partial charge in [0, 0.05) is 11.8 Å². The lowest BCUT2D eigenvalue weighted by Crippen LogP contribution is -2.27. The van der Waals surface area contributed by atoms with Gasteiger partial charge < -0.3 is 16.2 Å². The van der Waals surface area contributed by atoms with Gasteiger partial charge >= 0.3 is 0 Å². The molecule has 0 aliphatic heterocycles. The van der Waals surface area contributed by atoms with Gasteiger partial charge in [0.15, 0.2) is 0 Å². The zero-order valence-electron chi connectivity index (χ0n) is 11.1. The van der Waals surface area contributed by atoms with Gasteiger partial charge in [0.25, 0.3) is 0 Å². The summed E-state index contributed by atoms with van der Waals surface area (Å²) >= 11 is 0. The smallest absolute Gasteiger partial charge is 0.236 e. The Bertz CT molecular complexity index is 701. The van der Waals surface area contributed by atoms with Crippen LogP contribution in [0.25, 0.3) is 16.8 Å². The van der Waals surface area contributed by atoms with Crippen molar-refractivity contribution in [3.8, 4) is 16.9 Å². The van der Waals surface area contributed by atoms with Crippen molar-refractivity contribution in [3.63, 3.8) is 0 Å². The third-order valence-electron chi connectivity index (χ3n) is 2.79. The zero-order valence-corrected chi connectivity index (χ0v) is 11.1. The van der Waals surface area contributed by atoms with Crippen molar-refractivity contribution in [2.75, 3.05) is 6.54 Å². The van der Waals surface area contributed by atoms with Gasteiger partial charge in [-0.1, -0.05) is 18.7 Å². The number of carbonyl (C=O) groups is 1. The molecular formula is C15H14FN3O2. The van der Waals surface area contributed by atoms with E-state index in [1.165, 1.54) is 24.4 Å². The Morgan fingerprint density at radius 2 is 2.14 bits per heavy atom. The van der Waals surface area contributed by atoms with E-state index in [4.69, 9.17) is 5.73 Å². The van der Waals surface area contributed by atoms with Crippen LogP contribution >= 0.6 is 0 Å². The number of primary amides is 1. The van der Waals surface area contributed by atoms with Gasteiger partial charge in [-0.05, 0) is 23.8 Å². The average Bonchev–Trinajstić information content (AvgIpc) is 2.44. The summed E-state index contributed by atoms with van der Waals surface area (Å²) in [7, 11) is 0. The maximum atomic E-state index is 13.2. The Balaban J connectivity index is 2.25. The van der Waals surface area contributed by atoms with E-state index in [1.807, 2.05) is 0 Å². The predicted molar refractivity (Wildman–Crippen MR) is 77.5 cm³/mol. The van der Waals surface area contributed by atoms with E-state index in [9.17, 15) is 14.3 Å². The summed E-state index contributed by atoms with van der Waals surface area (Å²) in [5.74, 6) is -1.05. The van der Waals surface area contributed by atoms with Gasteiger partial charge in [0.2, 0.25) is 5.91 Å². The Hall–Kier alpha value is -2.89. The molecule has 108 valence electrons. The summed E-state index contributed by atoms with van der Waals surface area (Å²) in [6.45, 7) is 3.57. The maximum absolute atomic E-state index is 13.2. The lowest BCUT2D eigenvalue weighted by Gasteiger charge is -2.10. The molecule has 0 radical (unpaired) electrons. The summed E-state index contributed by atoms with van der Waals surface area (Å²) in [6.07, 6.45) is 1.49. The minimum Gasteiger partial charge on any atom is -0.506 e. The maximum Gasteiger partial charge on any atom is 0.236 e. The van der Waals surface area contributed by atoms with E-state index in [1.54, 1.807) is 12.1 Å². The number of rotatable bonds is 5. The number of hydrogen-bond acceptors (Lipinski definition) is 4. The Kier molecular flexibility index (Phi) is 4.18. The Morgan fingerprint density at radius 1 is 1.38 bits per heavy atom. The molecule has 0 aliphatic carbocycles. The first-order chi connectivity index (χ1) is 9.97. The molecule has 2 rings (SSSR count). The molecule has 4 N–H and O–H groups in total. The molecule has 1 amide bonds. The minimum atomic E-state index is -0.549. The molecule has 1 aromatic heterocycles. The van der Waals surface area contributed by atoms with Crippen LogP contribution < -0.4 is 11.1 Å². The highest BCUT2D eigenvalue weighted by Crippen LogP contribution is 2.27. The van der Waals surface area contributed by atoms with Crippen LogP contribution in [0.5, 0.6) is 5.75 Å². The summed E-state index contributed by atoms with van der Waals surface area (Å²) in [4.78, 5) is 14.8. The molecule has 0 unspecified atom stereocenters. The van der Waals surface area contributed by atoms with E-state index >= 15 is 0 Å². The van der Waals surface area contributed by atoms with Crippen molar-refractivity contribution in [2.24, 2.45) is 5.73 Å². The molecule has 5 nitrogen and oxygen atoms in total. The second kappa shape index (κ2) is 6.04. The third-order valence-corrected chi connectivity index (χ3v) is 2.79. The third kappa shape index (κ3) is 3.56. The zero-order chi connectivity index (χ0) is 15.4. The normalized spacial score (nSPS) is 10.1. The number of benzene rings is 1. The summed E-state index contributed by atoms with van der Waals surface area (Å²) in [5.41, 5.74) is 6.66. The standard InChI is InChI=1S/C15H14FN3O2/c1-9(18-8-14(17)21)15-13(20)6-11(7-19-15)10-3-2-4-12(16)5-10/h2-7,18,20H,1,8H2,(H2,17,21). The molecule has 6 heteroatoms. The number of hydrogen-bond donors (Lipinski definition) is 3. The molecule has 0 bridgehead atoms. The van der Waals surface area contributed by atoms with E-state index in [0.29, 0.717) is 11.1 Å². The molecule has 21 heavy (non-hydrogen) atoms. The quantitative estimate of drug-likeness (QED) is 0.780. The Labute approximate surface area is 120 Å². The molecular weight excluding hydrogens is 273 g/mol. The second-order valence-corrected chi connectivity index (χ2v) is 4.40. The molecule has 2 aromatic rings. The van der Waals surface area contributed by atoms with E-state index in [2.05, 4.69) is 16.9 Å².